The molecular weight excluding hydrogens is 684 g/mol. The minimum atomic E-state index is -1.34. The molecule has 6 nitrogen and oxygen atoms in total. The Morgan fingerprint density at radius 1 is 0.566 bits per heavy atom. The molecule has 5 atom stereocenters. The van der Waals surface area contributed by atoms with Gasteiger partial charge in [-0.3, -0.25) is 0 Å². The van der Waals surface area contributed by atoms with Crippen LogP contribution in [0.15, 0.2) is 152 Å². The van der Waals surface area contributed by atoms with Gasteiger partial charge in [0.25, 0.3) is 0 Å². The number of ether oxygens (including phenoxy) is 6. The van der Waals surface area contributed by atoms with Crippen LogP contribution in [0.25, 0.3) is 10.8 Å². The molecule has 0 bridgehead atoms. The lowest BCUT2D eigenvalue weighted by molar-refractivity contribution is -0.387. The molecule has 0 aromatic heterocycles. The molecule has 1 saturated heterocycles. The van der Waals surface area contributed by atoms with Crippen LogP contribution in [-0.4, -0.2) is 31.0 Å². The van der Waals surface area contributed by atoms with Gasteiger partial charge in [0.2, 0.25) is 5.79 Å². The van der Waals surface area contributed by atoms with Crippen molar-refractivity contribution in [1.82, 2.24) is 0 Å². The summed E-state index contributed by atoms with van der Waals surface area (Å²) in [4.78, 5) is 0. The summed E-state index contributed by atoms with van der Waals surface area (Å²) in [6.45, 7) is 2.00. The van der Waals surface area contributed by atoms with E-state index in [-0.39, 0.29) is 6.61 Å². The van der Waals surface area contributed by atoms with Crippen molar-refractivity contribution in [2.75, 3.05) is 6.61 Å². The number of rotatable bonds is 14. The molecule has 0 N–H and O–H groups in total. The van der Waals surface area contributed by atoms with Gasteiger partial charge < -0.3 is 28.4 Å². The number of alkyl halides is 1. The Bertz CT molecular complexity index is 2060. The van der Waals surface area contributed by atoms with Crippen molar-refractivity contribution in [3.8, 4) is 0 Å². The summed E-state index contributed by atoms with van der Waals surface area (Å²) in [7, 11) is 0. The monoisotopic (exact) mass is 726 g/mol. The summed E-state index contributed by atoms with van der Waals surface area (Å²) in [5.41, 5.74) is 7.12. The standard InChI is InChI=1S/C46H43ClO6/c47-26-37-25-41-40(39-24-14-13-23-38(37)39)31-52-46(41)45(51-30-36-21-11-4-12-22-36)44(50-29-35-19-9-3-10-20-35)43(49-28-34-17-7-2-8-18-34)42(53-46)32-48-27-33-15-5-1-6-16-33/h1-25,42-45H,26-32H2/t42-,43-,44+,45-,46+/m1/s1. The van der Waals surface area contributed by atoms with Crippen LogP contribution in [0.3, 0.4) is 0 Å². The van der Waals surface area contributed by atoms with Crippen LogP contribution in [0.4, 0.5) is 0 Å². The molecule has 6 aromatic rings. The number of hydrogen-bond donors (Lipinski definition) is 0. The summed E-state index contributed by atoms with van der Waals surface area (Å²) >= 11 is 6.66. The Morgan fingerprint density at radius 3 is 1.62 bits per heavy atom. The van der Waals surface area contributed by atoms with E-state index < -0.39 is 30.2 Å². The van der Waals surface area contributed by atoms with E-state index in [2.05, 4.69) is 72.8 Å². The second kappa shape index (κ2) is 16.8. The van der Waals surface area contributed by atoms with E-state index in [4.69, 9.17) is 40.0 Å². The zero-order valence-electron chi connectivity index (χ0n) is 29.5. The third-order valence-electron chi connectivity index (χ3n) is 10.1. The van der Waals surface area contributed by atoms with Gasteiger partial charge in [-0.2, -0.15) is 0 Å². The van der Waals surface area contributed by atoms with Gasteiger partial charge >= 0.3 is 0 Å². The average molecular weight is 727 g/mol. The van der Waals surface area contributed by atoms with Crippen molar-refractivity contribution in [3.63, 3.8) is 0 Å². The normalized spacial score (nSPS) is 22.3. The molecule has 7 heteroatoms. The van der Waals surface area contributed by atoms with Crippen LogP contribution in [0.5, 0.6) is 0 Å². The fourth-order valence-electron chi connectivity index (χ4n) is 7.52. The smallest absolute Gasteiger partial charge is 0.226 e. The van der Waals surface area contributed by atoms with Gasteiger partial charge in [0.1, 0.15) is 24.4 Å². The second-order valence-corrected chi connectivity index (χ2v) is 13.9. The van der Waals surface area contributed by atoms with Gasteiger partial charge in [0.15, 0.2) is 0 Å². The average Bonchev–Trinajstić information content (AvgIpc) is 3.58. The first kappa shape index (κ1) is 35.6. The van der Waals surface area contributed by atoms with Crippen LogP contribution in [0.2, 0.25) is 0 Å². The molecule has 0 saturated carbocycles. The number of hydrogen-bond acceptors (Lipinski definition) is 6. The predicted molar refractivity (Wildman–Crippen MR) is 206 cm³/mol. The number of halogens is 1. The van der Waals surface area contributed by atoms with Crippen molar-refractivity contribution < 1.29 is 28.4 Å². The van der Waals surface area contributed by atoms with Gasteiger partial charge in [-0.25, -0.2) is 0 Å². The summed E-state index contributed by atoms with van der Waals surface area (Å²) in [6, 6.07) is 51.1. The maximum absolute atomic E-state index is 7.31. The molecule has 1 spiro atoms. The minimum Gasteiger partial charge on any atom is -0.374 e. The molecule has 2 aliphatic rings. The first-order valence-corrected chi connectivity index (χ1v) is 18.8. The molecule has 53 heavy (non-hydrogen) atoms. The Hall–Kier alpha value is -4.37. The SMILES string of the molecule is ClCc1cc2c(c3ccccc13)CO[C@]21O[C@H](COCc2ccccc2)[C@@H](OCc2ccccc2)[C@H](OCc2ccccc2)[C@H]1OCc1ccccc1. The van der Waals surface area contributed by atoms with Crippen molar-refractivity contribution in [2.45, 2.75) is 69.1 Å². The topological polar surface area (TPSA) is 55.4 Å². The summed E-state index contributed by atoms with van der Waals surface area (Å²) < 4.78 is 41.7. The second-order valence-electron chi connectivity index (χ2n) is 13.6. The first-order valence-electron chi connectivity index (χ1n) is 18.2. The quantitative estimate of drug-likeness (QED) is 0.104. The van der Waals surface area contributed by atoms with Crippen LogP contribution < -0.4 is 0 Å². The molecule has 0 amide bonds. The number of fused-ring (bicyclic) bond motifs is 4. The molecule has 270 valence electrons. The minimum absolute atomic E-state index is 0.237. The third-order valence-corrected chi connectivity index (χ3v) is 10.4. The van der Waals surface area contributed by atoms with Gasteiger partial charge in [0.05, 0.1) is 39.6 Å². The first-order chi connectivity index (χ1) is 26.2. The zero-order chi connectivity index (χ0) is 35.9. The summed E-state index contributed by atoms with van der Waals surface area (Å²) in [6.07, 6.45) is -2.53. The molecular formula is C46H43ClO6. The van der Waals surface area contributed by atoms with Gasteiger partial charge in [-0.1, -0.05) is 146 Å². The highest BCUT2D eigenvalue weighted by atomic mass is 35.5. The van der Waals surface area contributed by atoms with Crippen LogP contribution >= 0.6 is 11.6 Å². The lowest BCUT2D eigenvalue weighted by Gasteiger charge is -2.51. The highest BCUT2D eigenvalue weighted by Gasteiger charge is 2.61. The van der Waals surface area contributed by atoms with Crippen molar-refractivity contribution in [3.05, 3.63) is 191 Å². The molecule has 2 heterocycles. The molecule has 0 unspecified atom stereocenters. The largest absolute Gasteiger partial charge is 0.374 e. The van der Waals surface area contributed by atoms with Crippen LogP contribution in [-0.2, 0) is 73.1 Å². The molecule has 2 aliphatic heterocycles. The maximum atomic E-state index is 7.31. The van der Waals surface area contributed by atoms with Crippen molar-refractivity contribution >= 4 is 22.4 Å². The van der Waals surface area contributed by atoms with Crippen LogP contribution in [0, 0.1) is 0 Å². The van der Waals surface area contributed by atoms with E-state index in [1.165, 1.54) is 0 Å². The van der Waals surface area contributed by atoms with Crippen molar-refractivity contribution in [2.24, 2.45) is 0 Å². The molecule has 0 radical (unpaired) electrons. The number of benzene rings is 6. The van der Waals surface area contributed by atoms with E-state index in [0.29, 0.717) is 38.9 Å². The Morgan fingerprint density at radius 2 is 1.06 bits per heavy atom. The molecule has 6 aromatic carbocycles. The summed E-state index contributed by atoms with van der Waals surface area (Å²) in [5, 5.41) is 2.19. The fraction of sp³-hybridized carbons (Fsp3) is 0.261. The third kappa shape index (κ3) is 7.82. The Kier molecular flexibility index (Phi) is 11.3. The van der Waals surface area contributed by atoms with Crippen LogP contribution in [0.1, 0.15) is 38.9 Å². The van der Waals surface area contributed by atoms with E-state index in [0.717, 1.165) is 49.7 Å². The Balaban J connectivity index is 1.24. The maximum Gasteiger partial charge on any atom is 0.226 e. The predicted octanol–water partition coefficient (Wildman–Crippen LogP) is 9.63. The van der Waals surface area contributed by atoms with Gasteiger partial charge in [0, 0.05) is 11.4 Å². The molecule has 1 fully saturated rings. The lowest BCUT2D eigenvalue weighted by Crippen LogP contribution is -2.65. The van der Waals surface area contributed by atoms with Gasteiger partial charge in [-0.05, 0) is 50.2 Å². The van der Waals surface area contributed by atoms with E-state index >= 15 is 0 Å². The van der Waals surface area contributed by atoms with E-state index in [9.17, 15) is 0 Å². The molecule has 0 aliphatic carbocycles. The molecule has 8 rings (SSSR count). The highest BCUT2D eigenvalue weighted by Crippen LogP contribution is 2.51. The lowest BCUT2D eigenvalue weighted by atomic mass is 9.84. The van der Waals surface area contributed by atoms with Crippen molar-refractivity contribution in [1.29, 1.82) is 0 Å². The Labute approximate surface area is 316 Å². The summed E-state index contributed by atoms with van der Waals surface area (Å²) in [5.74, 6) is -1.01. The van der Waals surface area contributed by atoms with E-state index in [1.54, 1.807) is 0 Å². The fourth-order valence-corrected chi connectivity index (χ4v) is 7.74. The van der Waals surface area contributed by atoms with Gasteiger partial charge in [-0.15, -0.1) is 11.6 Å². The van der Waals surface area contributed by atoms with E-state index in [1.807, 2.05) is 78.9 Å². The highest BCUT2D eigenvalue weighted by molar-refractivity contribution is 6.18. The zero-order valence-corrected chi connectivity index (χ0v) is 30.3.